The molecular weight excluding hydrogens is 450 g/mol. The molecule has 0 radical (unpaired) electrons. The van der Waals surface area contributed by atoms with E-state index in [1.807, 2.05) is 6.07 Å². The predicted molar refractivity (Wildman–Crippen MR) is 156 cm³/mol. The first kappa shape index (κ1) is 22.1. The van der Waals surface area contributed by atoms with Gasteiger partial charge in [0.25, 0.3) is 0 Å². The molecule has 0 bridgehead atoms. The third kappa shape index (κ3) is 2.90. The van der Waals surface area contributed by atoms with Gasteiger partial charge in [-0.05, 0) is 76.1 Å². The second-order valence-corrected chi connectivity index (χ2v) is 11.9. The maximum atomic E-state index is 7.60. The van der Waals surface area contributed by atoms with Crippen molar-refractivity contribution >= 4 is 65.5 Å². The first-order valence-corrected chi connectivity index (χ1v) is 13.0. The number of hydrogen-bond donors (Lipinski definition) is 0. The number of pyridine rings is 2. The Morgan fingerprint density at radius 2 is 1.59 bits per heavy atom. The van der Waals surface area contributed by atoms with Gasteiger partial charge in [-0.25, -0.2) is 9.41 Å². The fraction of sp³-hybridized carbons (Fsp3) is 0.235. The lowest BCUT2D eigenvalue weighted by atomic mass is 9.86. The molecule has 3 nitrogen and oxygen atoms in total. The van der Waals surface area contributed by atoms with E-state index in [0.717, 1.165) is 11.8 Å². The Morgan fingerprint density at radius 1 is 0.811 bits per heavy atom. The molecule has 0 spiro atoms. The molecule has 4 aromatic carbocycles. The van der Waals surface area contributed by atoms with Crippen LogP contribution in [0.15, 0.2) is 60.8 Å². The summed E-state index contributed by atoms with van der Waals surface area (Å²) in [6.07, 6.45) is 3.24. The Morgan fingerprint density at radius 3 is 2.35 bits per heavy atom. The van der Waals surface area contributed by atoms with E-state index in [0.29, 0.717) is 5.69 Å². The molecule has 0 N–H and O–H groups in total. The summed E-state index contributed by atoms with van der Waals surface area (Å²) in [4.78, 5) is 3.74. The lowest BCUT2D eigenvalue weighted by Crippen LogP contribution is -2.29. The quantitative estimate of drug-likeness (QED) is 0.0964. The number of benzene rings is 4. The van der Waals surface area contributed by atoms with Crippen LogP contribution in [0.3, 0.4) is 0 Å². The highest BCUT2D eigenvalue weighted by Gasteiger charge is 2.26. The van der Waals surface area contributed by atoms with E-state index in [1.165, 1.54) is 71.1 Å². The molecule has 3 heteroatoms. The van der Waals surface area contributed by atoms with Gasteiger partial charge in [-0.2, -0.15) is 0 Å². The normalized spacial score (nSPS) is 12.7. The molecule has 37 heavy (non-hydrogen) atoms. The second-order valence-electron chi connectivity index (χ2n) is 11.9. The summed E-state index contributed by atoms with van der Waals surface area (Å²) in [5, 5.41) is 8.88. The van der Waals surface area contributed by atoms with Crippen molar-refractivity contribution in [2.45, 2.75) is 41.0 Å². The van der Waals surface area contributed by atoms with Crippen molar-refractivity contribution in [3.8, 4) is 0 Å². The van der Waals surface area contributed by atoms with Gasteiger partial charge in [-0.15, -0.1) is 0 Å². The highest BCUT2D eigenvalue weighted by molar-refractivity contribution is 6.29. The number of fused-ring (bicyclic) bond motifs is 7. The van der Waals surface area contributed by atoms with Gasteiger partial charge < -0.3 is 4.40 Å². The Hall–Kier alpha value is -4.16. The van der Waals surface area contributed by atoms with Crippen molar-refractivity contribution < 1.29 is 4.57 Å². The minimum absolute atomic E-state index is 0.238. The van der Waals surface area contributed by atoms with Crippen LogP contribution in [0.5, 0.6) is 0 Å². The van der Waals surface area contributed by atoms with Gasteiger partial charge in [-0.1, -0.05) is 57.2 Å². The SMILES string of the molecule is [C-]#[N+]c1ccc2c(c1)c1ccc3cc[n+](C)c4c5c(C)c6cc(CC(C)(C)C)ccc6c(C)c5n2c1c34. The summed E-state index contributed by atoms with van der Waals surface area (Å²) in [7, 11) is 2.17. The van der Waals surface area contributed by atoms with Gasteiger partial charge in [0, 0.05) is 11.5 Å². The van der Waals surface area contributed by atoms with E-state index in [-0.39, 0.29) is 5.41 Å². The number of nitrogens with zero attached hydrogens (tertiary/aromatic N) is 3. The summed E-state index contributed by atoms with van der Waals surface area (Å²) in [5.41, 5.74) is 9.91. The maximum Gasteiger partial charge on any atom is 0.224 e. The van der Waals surface area contributed by atoms with E-state index in [9.17, 15) is 0 Å². The molecule has 0 aliphatic carbocycles. The van der Waals surface area contributed by atoms with Gasteiger partial charge in [-0.3, -0.25) is 0 Å². The Kier molecular flexibility index (Phi) is 4.30. The van der Waals surface area contributed by atoms with E-state index < -0.39 is 0 Å². The standard InChI is InChI=1S/C34H30N3/c1-19-26-16-21(18-34(3,4)5)8-11-24(26)20(2)31-29(19)33-30-22(14-15-36(33)7)9-12-25-27-17-23(35-6)10-13-28(27)37(31)32(25)30/h8-17H,18H2,1-5,7H3/q+1. The van der Waals surface area contributed by atoms with Crippen molar-refractivity contribution in [1.82, 2.24) is 4.40 Å². The third-order valence-corrected chi connectivity index (χ3v) is 8.20. The van der Waals surface area contributed by atoms with E-state index in [1.54, 1.807) is 0 Å². The largest absolute Gasteiger partial charge is 0.307 e. The predicted octanol–water partition coefficient (Wildman–Crippen LogP) is 8.72. The van der Waals surface area contributed by atoms with Gasteiger partial charge >= 0.3 is 0 Å². The minimum Gasteiger partial charge on any atom is -0.307 e. The van der Waals surface area contributed by atoms with E-state index >= 15 is 0 Å². The molecule has 0 aliphatic rings. The number of hydrogen-bond acceptors (Lipinski definition) is 0. The lowest BCUT2D eigenvalue weighted by Gasteiger charge is -2.20. The van der Waals surface area contributed by atoms with Crippen molar-refractivity contribution in [3.63, 3.8) is 0 Å². The van der Waals surface area contributed by atoms with Crippen LogP contribution < -0.4 is 4.57 Å². The topological polar surface area (TPSA) is 12.7 Å². The lowest BCUT2D eigenvalue weighted by molar-refractivity contribution is -0.643. The summed E-state index contributed by atoms with van der Waals surface area (Å²) in [6, 6.07) is 19.9. The van der Waals surface area contributed by atoms with Crippen LogP contribution in [-0.4, -0.2) is 4.40 Å². The van der Waals surface area contributed by atoms with Crippen LogP contribution in [0.1, 0.15) is 37.5 Å². The average molecular weight is 481 g/mol. The van der Waals surface area contributed by atoms with Crippen molar-refractivity contribution in [3.05, 3.63) is 88.9 Å². The van der Waals surface area contributed by atoms with Gasteiger partial charge in [0.15, 0.2) is 11.9 Å². The van der Waals surface area contributed by atoms with Gasteiger partial charge in [0.2, 0.25) is 5.52 Å². The third-order valence-electron chi connectivity index (χ3n) is 8.20. The van der Waals surface area contributed by atoms with Gasteiger partial charge in [0.05, 0.1) is 33.9 Å². The zero-order valence-electron chi connectivity index (χ0n) is 22.3. The van der Waals surface area contributed by atoms with Crippen LogP contribution >= 0.6 is 0 Å². The molecule has 0 saturated heterocycles. The van der Waals surface area contributed by atoms with Crippen LogP contribution in [-0.2, 0) is 13.5 Å². The van der Waals surface area contributed by atoms with Crippen molar-refractivity contribution in [2.75, 3.05) is 0 Å². The molecule has 180 valence electrons. The highest BCUT2D eigenvalue weighted by atomic mass is 15.0. The molecule has 7 aromatic rings. The fourth-order valence-electron chi connectivity index (χ4n) is 6.69. The fourth-order valence-corrected chi connectivity index (χ4v) is 6.69. The molecule has 3 heterocycles. The monoisotopic (exact) mass is 480 g/mol. The Bertz CT molecular complexity index is 2130. The summed E-state index contributed by atoms with van der Waals surface area (Å²) in [5.74, 6) is 0. The van der Waals surface area contributed by atoms with E-state index in [4.69, 9.17) is 6.57 Å². The Balaban J connectivity index is 1.80. The maximum absolute atomic E-state index is 7.60. The van der Waals surface area contributed by atoms with E-state index in [2.05, 4.69) is 110 Å². The molecule has 0 saturated carbocycles. The number of aromatic nitrogens is 2. The summed E-state index contributed by atoms with van der Waals surface area (Å²) in [6.45, 7) is 19.1. The summed E-state index contributed by atoms with van der Waals surface area (Å²) < 4.78 is 4.78. The second kappa shape index (κ2) is 7.20. The highest BCUT2D eigenvalue weighted by Crippen LogP contribution is 2.44. The Labute approximate surface area is 216 Å². The number of aryl methyl sites for hydroxylation is 3. The minimum atomic E-state index is 0.238. The molecule has 0 atom stereocenters. The van der Waals surface area contributed by atoms with Crippen LogP contribution in [0.4, 0.5) is 5.69 Å². The number of rotatable bonds is 1. The summed E-state index contributed by atoms with van der Waals surface area (Å²) >= 11 is 0. The molecule has 0 amide bonds. The first-order valence-electron chi connectivity index (χ1n) is 13.0. The van der Waals surface area contributed by atoms with Crippen LogP contribution in [0, 0.1) is 25.8 Å². The van der Waals surface area contributed by atoms with Gasteiger partial charge in [0.1, 0.15) is 7.05 Å². The first-order chi connectivity index (χ1) is 17.7. The zero-order valence-corrected chi connectivity index (χ0v) is 22.3. The molecule has 0 unspecified atom stereocenters. The zero-order chi connectivity index (χ0) is 25.8. The van der Waals surface area contributed by atoms with Crippen molar-refractivity contribution in [1.29, 1.82) is 0 Å². The molecular formula is C34H30N3+. The molecule has 7 rings (SSSR count). The smallest absolute Gasteiger partial charge is 0.224 e. The molecule has 0 fully saturated rings. The average Bonchev–Trinajstić information content (AvgIpc) is 3.20. The molecule has 0 aliphatic heterocycles. The van der Waals surface area contributed by atoms with Crippen LogP contribution in [0.2, 0.25) is 0 Å². The van der Waals surface area contributed by atoms with Crippen molar-refractivity contribution in [2.24, 2.45) is 12.5 Å². The molecule has 3 aromatic heterocycles. The van der Waals surface area contributed by atoms with Crippen LogP contribution in [0.25, 0.3) is 64.6 Å².